The Morgan fingerprint density at radius 2 is 1.94 bits per heavy atom. The maximum Gasteiger partial charge on any atom is 0.323 e. The average molecular weight is 246 g/mol. The van der Waals surface area contributed by atoms with E-state index in [-0.39, 0.29) is 18.6 Å². The molecule has 0 aliphatic rings. The molecule has 0 saturated carbocycles. The van der Waals surface area contributed by atoms with Crippen LogP contribution in [0.2, 0.25) is 0 Å². The smallest absolute Gasteiger partial charge is 0.323 e. The van der Waals surface area contributed by atoms with Crippen molar-refractivity contribution in [3.05, 3.63) is 0 Å². The molecule has 0 aliphatic heterocycles. The summed E-state index contributed by atoms with van der Waals surface area (Å²) in [6.07, 6.45) is 0. The fraction of sp³-hybridized carbons (Fsp3) is 0.818. The van der Waals surface area contributed by atoms with E-state index in [0.29, 0.717) is 19.8 Å². The Bertz CT molecular complexity index is 256. The van der Waals surface area contributed by atoms with Crippen molar-refractivity contribution in [2.75, 3.05) is 33.4 Å². The van der Waals surface area contributed by atoms with Crippen molar-refractivity contribution in [2.45, 2.75) is 26.8 Å². The van der Waals surface area contributed by atoms with Crippen LogP contribution in [0.1, 0.15) is 20.8 Å². The van der Waals surface area contributed by atoms with Crippen LogP contribution in [0, 0.1) is 0 Å². The molecule has 0 unspecified atom stereocenters. The van der Waals surface area contributed by atoms with Crippen molar-refractivity contribution in [1.82, 2.24) is 9.80 Å². The number of hydrogen-bond donors (Lipinski definition) is 1. The van der Waals surface area contributed by atoms with E-state index in [1.807, 2.05) is 6.92 Å². The molecule has 0 aromatic rings. The first-order valence-electron chi connectivity index (χ1n) is 5.71. The molecule has 0 radical (unpaired) electrons. The summed E-state index contributed by atoms with van der Waals surface area (Å²) >= 11 is 0. The van der Waals surface area contributed by atoms with Crippen molar-refractivity contribution in [2.24, 2.45) is 0 Å². The van der Waals surface area contributed by atoms with Gasteiger partial charge in [-0.25, -0.2) is 4.79 Å². The van der Waals surface area contributed by atoms with E-state index in [9.17, 15) is 9.59 Å². The van der Waals surface area contributed by atoms with Gasteiger partial charge in [-0.1, -0.05) is 0 Å². The Morgan fingerprint density at radius 1 is 1.35 bits per heavy atom. The Hall–Kier alpha value is -1.30. The lowest BCUT2D eigenvalue weighted by atomic mass is 10.3. The van der Waals surface area contributed by atoms with Crippen LogP contribution in [0.25, 0.3) is 0 Å². The number of carbonyl (C=O) groups excluding carboxylic acids is 1. The maximum atomic E-state index is 11.9. The van der Waals surface area contributed by atoms with Gasteiger partial charge in [0, 0.05) is 26.2 Å². The molecule has 0 rings (SSSR count). The van der Waals surface area contributed by atoms with Gasteiger partial charge in [0.15, 0.2) is 0 Å². The van der Waals surface area contributed by atoms with Gasteiger partial charge in [0.25, 0.3) is 0 Å². The van der Waals surface area contributed by atoms with Crippen LogP contribution in [0.4, 0.5) is 4.79 Å². The number of rotatable bonds is 7. The van der Waals surface area contributed by atoms with E-state index < -0.39 is 5.97 Å². The lowest BCUT2D eigenvalue weighted by molar-refractivity contribution is -0.138. The minimum absolute atomic E-state index is 0.145. The van der Waals surface area contributed by atoms with Gasteiger partial charge in [0.2, 0.25) is 0 Å². The van der Waals surface area contributed by atoms with E-state index in [1.54, 1.807) is 20.9 Å². The molecule has 17 heavy (non-hydrogen) atoms. The van der Waals surface area contributed by atoms with E-state index >= 15 is 0 Å². The van der Waals surface area contributed by atoms with Crippen LogP contribution >= 0.6 is 0 Å². The largest absolute Gasteiger partial charge is 0.480 e. The Kier molecular flexibility index (Phi) is 7.29. The van der Waals surface area contributed by atoms with Crippen molar-refractivity contribution in [1.29, 1.82) is 0 Å². The molecule has 0 heterocycles. The number of aliphatic carboxylic acids is 1. The van der Waals surface area contributed by atoms with Gasteiger partial charge >= 0.3 is 12.0 Å². The molecule has 1 N–H and O–H groups in total. The molecule has 0 aromatic carbocycles. The van der Waals surface area contributed by atoms with Crippen molar-refractivity contribution in [3.63, 3.8) is 0 Å². The van der Waals surface area contributed by atoms with Crippen LogP contribution in [-0.4, -0.2) is 66.3 Å². The first kappa shape index (κ1) is 15.7. The SMILES string of the molecule is CCOCCN(C)C(=O)N(CC(=O)O)C(C)C. The summed E-state index contributed by atoms with van der Waals surface area (Å²) in [7, 11) is 1.64. The number of carbonyl (C=O) groups is 2. The molecule has 0 aliphatic carbocycles. The molecular formula is C11H22N2O4. The lowest BCUT2D eigenvalue weighted by Crippen LogP contribution is -2.47. The highest BCUT2D eigenvalue weighted by Gasteiger charge is 2.22. The third-order valence-corrected chi connectivity index (χ3v) is 2.28. The van der Waals surface area contributed by atoms with Gasteiger partial charge in [-0.15, -0.1) is 0 Å². The Morgan fingerprint density at radius 3 is 2.35 bits per heavy atom. The van der Waals surface area contributed by atoms with Crippen LogP contribution < -0.4 is 0 Å². The fourth-order valence-electron chi connectivity index (χ4n) is 1.28. The first-order chi connectivity index (χ1) is 7.90. The second kappa shape index (κ2) is 7.89. The third kappa shape index (κ3) is 6.11. The van der Waals surface area contributed by atoms with E-state index in [0.717, 1.165) is 0 Å². The molecule has 0 bridgehead atoms. The molecule has 0 aromatic heterocycles. The topological polar surface area (TPSA) is 70.1 Å². The molecule has 0 atom stereocenters. The molecule has 6 heteroatoms. The summed E-state index contributed by atoms with van der Waals surface area (Å²) in [5.74, 6) is -1.01. The molecule has 0 spiro atoms. The number of ether oxygens (including phenoxy) is 1. The van der Waals surface area contributed by atoms with Gasteiger partial charge in [0.05, 0.1) is 6.61 Å². The highest BCUT2D eigenvalue weighted by Crippen LogP contribution is 2.03. The zero-order valence-corrected chi connectivity index (χ0v) is 11.0. The predicted molar refractivity (Wildman–Crippen MR) is 64.0 cm³/mol. The maximum absolute atomic E-state index is 11.9. The van der Waals surface area contributed by atoms with Crippen LogP contribution in [0.15, 0.2) is 0 Å². The second-order valence-electron chi connectivity index (χ2n) is 4.02. The Labute approximate surface area is 102 Å². The van der Waals surface area contributed by atoms with Gasteiger partial charge in [-0.2, -0.15) is 0 Å². The number of carboxylic acids is 1. The standard InChI is InChI=1S/C11H22N2O4/c1-5-17-7-6-12(4)11(16)13(9(2)3)8-10(14)15/h9H,5-8H2,1-4H3,(H,14,15). The Balaban J connectivity index is 4.34. The number of urea groups is 1. The number of hydrogen-bond acceptors (Lipinski definition) is 3. The highest BCUT2D eigenvalue weighted by molar-refractivity contribution is 5.80. The molecule has 0 fully saturated rings. The third-order valence-electron chi connectivity index (χ3n) is 2.28. The van der Waals surface area contributed by atoms with Crippen LogP contribution in [-0.2, 0) is 9.53 Å². The van der Waals surface area contributed by atoms with Gasteiger partial charge in [0.1, 0.15) is 6.54 Å². The fourth-order valence-corrected chi connectivity index (χ4v) is 1.28. The van der Waals surface area contributed by atoms with Gasteiger partial charge in [-0.3, -0.25) is 4.79 Å². The number of carboxylic acid groups (broad SMARTS) is 1. The predicted octanol–water partition coefficient (Wildman–Crippen LogP) is 0.870. The first-order valence-corrected chi connectivity index (χ1v) is 5.71. The summed E-state index contributed by atoms with van der Waals surface area (Å²) in [5, 5.41) is 8.74. The quantitative estimate of drug-likeness (QED) is 0.677. The molecule has 2 amide bonds. The van der Waals surface area contributed by atoms with Crippen LogP contribution in [0.5, 0.6) is 0 Å². The zero-order valence-electron chi connectivity index (χ0n) is 11.0. The summed E-state index contributed by atoms with van der Waals surface area (Å²) in [4.78, 5) is 25.4. The normalized spacial score (nSPS) is 10.4. The van der Waals surface area contributed by atoms with Crippen LogP contribution in [0.3, 0.4) is 0 Å². The minimum atomic E-state index is -1.01. The van der Waals surface area contributed by atoms with Crippen molar-refractivity contribution in [3.8, 4) is 0 Å². The summed E-state index contributed by atoms with van der Waals surface area (Å²) in [6, 6.07) is -0.435. The second-order valence-corrected chi connectivity index (χ2v) is 4.02. The number of likely N-dealkylation sites (N-methyl/N-ethyl adjacent to an activating group) is 1. The summed E-state index contributed by atoms with van der Waals surface area (Å²) < 4.78 is 5.15. The molecule has 0 saturated heterocycles. The average Bonchev–Trinajstić information content (AvgIpc) is 2.24. The number of amides is 2. The summed E-state index contributed by atoms with van der Waals surface area (Å²) in [6.45, 7) is 6.69. The summed E-state index contributed by atoms with van der Waals surface area (Å²) in [5.41, 5.74) is 0. The van der Waals surface area contributed by atoms with Crippen molar-refractivity contribution < 1.29 is 19.4 Å². The zero-order chi connectivity index (χ0) is 13.4. The minimum Gasteiger partial charge on any atom is -0.480 e. The molecular weight excluding hydrogens is 224 g/mol. The van der Waals surface area contributed by atoms with E-state index in [2.05, 4.69) is 0 Å². The number of nitrogens with zero attached hydrogens (tertiary/aromatic N) is 2. The molecule has 6 nitrogen and oxygen atoms in total. The monoisotopic (exact) mass is 246 g/mol. The molecule has 100 valence electrons. The van der Waals surface area contributed by atoms with Gasteiger partial charge in [-0.05, 0) is 20.8 Å². The highest BCUT2D eigenvalue weighted by atomic mass is 16.5. The van der Waals surface area contributed by atoms with Crippen molar-refractivity contribution >= 4 is 12.0 Å². The van der Waals surface area contributed by atoms with Gasteiger partial charge < -0.3 is 19.6 Å². The lowest BCUT2D eigenvalue weighted by Gasteiger charge is -2.29. The van der Waals surface area contributed by atoms with E-state index in [4.69, 9.17) is 9.84 Å². The van der Waals surface area contributed by atoms with E-state index in [1.165, 1.54) is 9.80 Å².